The van der Waals surface area contributed by atoms with E-state index in [0.717, 1.165) is 31.6 Å². The Balaban J connectivity index is 1.57. The molecule has 0 radical (unpaired) electrons. The van der Waals surface area contributed by atoms with E-state index in [1.807, 2.05) is 11.8 Å². The van der Waals surface area contributed by atoms with E-state index in [-0.39, 0.29) is 29.3 Å². The Morgan fingerprint density at radius 1 is 1.13 bits per heavy atom. The maximum atomic E-state index is 13.0. The first-order valence-corrected chi connectivity index (χ1v) is 11.0. The summed E-state index contributed by atoms with van der Waals surface area (Å²) in [6, 6.07) is 4.76. The number of fused-ring (bicyclic) bond motifs is 1. The average molecular weight is 427 g/mol. The van der Waals surface area contributed by atoms with Gasteiger partial charge in [-0.25, -0.2) is 4.90 Å². The van der Waals surface area contributed by atoms with Gasteiger partial charge in [0.05, 0.1) is 22.4 Å². The molecule has 0 bridgehead atoms. The fraction of sp³-hybridized carbons (Fsp3) is 0.565. The van der Waals surface area contributed by atoms with Crippen molar-refractivity contribution < 1.29 is 14.5 Å². The molecule has 1 aliphatic carbocycles. The third-order valence-corrected chi connectivity index (χ3v) is 6.81. The van der Waals surface area contributed by atoms with Gasteiger partial charge in [-0.1, -0.05) is 19.1 Å². The normalized spacial score (nSPS) is 26.8. The number of nitro groups is 1. The lowest BCUT2D eigenvalue weighted by atomic mass is 9.76. The molecule has 3 atom stereocenters. The van der Waals surface area contributed by atoms with Crippen LogP contribution in [-0.2, 0) is 9.59 Å². The molecule has 0 aromatic heterocycles. The molecular formula is C23H30N4O4. The third kappa shape index (κ3) is 4.08. The molecule has 8 nitrogen and oxygen atoms in total. The lowest BCUT2D eigenvalue weighted by Gasteiger charge is -2.36. The van der Waals surface area contributed by atoms with Crippen molar-refractivity contribution in [1.29, 1.82) is 0 Å². The van der Waals surface area contributed by atoms with E-state index in [1.54, 1.807) is 12.1 Å². The molecule has 1 aromatic rings. The van der Waals surface area contributed by atoms with E-state index in [2.05, 4.69) is 18.4 Å². The van der Waals surface area contributed by atoms with Gasteiger partial charge in [0.25, 0.3) is 5.69 Å². The number of anilines is 2. The zero-order chi connectivity index (χ0) is 22.3. The minimum absolute atomic E-state index is 0.0605. The van der Waals surface area contributed by atoms with Gasteiger partial charge in [-0.2, -0.15) is 0 Å². The fourth-order valence-corrected chi connectivity index (χ4v) is 5.24. The topological polar surface area (TPSA) is 87.0 Å². The first kappa shape index (κ1) is 21.5. The molecule has 8 heteroatoms. The molecule has 2 saturated heterocycles. The number of amides is 2. The summed E-state index contributed by atoms with van der Waals surface area (Å²) in [6.07, 6.45) is 2.35. The van der Waals surface area contributed by atoms with E-state index in [0.29, 0.717) is 43.2 Å². The number of nitrogens with zero attached hydrogens (tertiary/aromatic N) is 4. The molecule has 0 unspecified atom stereocenters. The summed E-state index contributed by atoms with van der Waals surface area (Å²) >= 11 is 0. The summed E-state index contributed by atoms with van der Waals surface area (Å²) in [6.45, 7) is 11.8. The monoisotopic (exact) mass is 426 g/mol. The van der Waals surface area contributed by atoms with E-state index in [1.165, 1.54) is 11.0 Å². The molecule has 4 rings (SSSR count). The van der Waals surface area contributed by atoms with Gasteiger partial charge in [-0.3, -0.25) is 24.6 Å². The van der Waals surface area contributed by atoms with Crippen molar-refractivity contribution in [3.63, 3.8) is 0 Å². The zero-order valence-electron chi connectivity index (χ0n) is 18.2. The van der Waals surface area contributed by atoms with Crippen LogP contribution in [0.4, 0.5) is 17.1 Å². The second kappa shape index (κ2) is 8.42. The van der Waals surface area contributed by atoms with Crippen LogP contribution >= 0.6 is 0 Å². The number of carbonyl (C=O) groups is 2. The number of hydrogen-bond donors (Lipinski definition) is 0. The van der Waals surface area contributed by atoms with Crippen molar-refractivity contribution in [3.05, 3.63) is 40.5 Å². The number of nitro benzene ring substituents is 1. The second-order valence-electron chi connectivity index (χ2n) is 9.29. The molecular weight excluding hydrogens is 396 g/mol. The van der Waals surface area contributed by atoms with Crippen molar-refractivity contribution in [1.82, 2.24) is 4.90 Å². The Hall–Kier alpha value is -2.74. The first-order valence-electron chi connectivity index (χ1n) is 11.0. The Morgan fingerprint density at radius 3 is 2.45 bits per heavy atom. The van der Waals surface area contributed by atoms with Crippen molar-refractivity contribution >= 4 is 28.9 Å². The highest BCUT2D eigenvalue weighted by atomic mass is 16.6. The van der Waals surface area contributed by atoms with Gasteiger partial charge in [0.2, 0.25) is 11.8 Å². The van der Waals surface area contributed by atoms with E-state index in [4.69, 9.17) is 0 Å². The number of rotatable bonds is 5. The van der Waals surface area contributed by atoms with Crippen LogP contribution in [0.5, 0.6) is 0 Å². The molecule has 31 heavy (non-hydrogen) atoms. The quantitative estimate of drug-likeness (QED) is 0.311. The highest BCUT2D eigenvalue weighted by Gasteiger charge is 2.50. The molecule has 2 heterocycles. The minimum atomic E-state index is -0.417. The van der Waals surface area contributed by atoms with Gasteiger partial charge in [0, 0.05) is 38.8 Å². The number of imide groups is 1. The smallest absolute Gasteiger partial charge is 0.294 e. The lowest BCUT2D eigenvalue weighted by Crippen LogP contribution is -2.47. The van der Waals surface area contributed by atoms with E-state index < -0.39 is 4.92 Å². The van der Waals surface area contributed by atoms with Crippen LogP contribution in [0, 0.1) is 27.9 Å². The van der Waals surface area contributed by atoms with Gasteiger partial charge >= 0.3 is 0 Å². The maximum absolute atomic E-state index is 13.0. The standard InChI is InChI=1S/C23H30N4O4/c1-15(2)14-24-8-10-25(11-9-24)20-7-5-17(13-21(20)27(30)31)26-22(28)18-6-4-16(3)12-19(18)23(26)29/h5,7,13,16,18-19H,1,4,6,8-12,14H2,2-3H3/t16-,18+,19+/m0/s1. The fourth-order valence-electron chi connectivity index (χ4n) is 5.24. The van der Waals surface area contributed by atoms with Gasteiger partial charge in [0.15, 0.2) is 0 Å². The summed E-state index contributed by atoms with van der Waals surface area (Å²) in [5, 5.41) is 11.9. The van der Waals surface area contributed by atoms with Gasteiger partial charge in [0.1, 0.15) is 5.69 Å². The molecule has 2 aliphatic heterocycles. The van der Waals surface area contributed by atoms with Crippen LogP contribution in [0.1, 0.15) is 33.1 Å². The molecule has 1 aromatic carbocycles. The predicted molar refractivity (Wildman–Crippen MR) is 119 cm³/mol. The molecule has 0 spiro atoms. The Kier molecular flexibility index (Phi) is 5.83. The zero-order valence-corrected chi connectivity index (χ0v) is 18.2. The maximum Gasteiger partial charge on any atom is 0.294 e. The number of benzene rings is 1. The highest BCUT2D eigenvalue weighted by Crippen LogP contribution is 2.43. The van der Waals surface area contributed by atoms with Crippen LogP contribution in [-0.4, -0.2) is 54.4 Å². The summed E-state index contributed by atoms with van der Waals surface area (Å²) in [5.41, 5.74) is 1.88. The van der Waals surface area contributed by atoms with Crippen molar-refractivity contribution in [2.75, 3.05) is 42.5 Å². The number of hydrogen-bond acceptors (Lipinski definition) is 6. The highest BCUT2D eigenvalue weighted by molar-refractivity contribution is 6.22. The molecule has 3 fully saturated rings. The Morgan fingerprint density at radius 2 is 1.81 bits per heavy atom. The second-order valence-corrected chi connectivity index (χ2v) is 9.29. The van der Waals surface area contributed by atoms with Crippen LogP contribution in [0.25, 0.3) is 0 Å². The molecule has 2 amide bonds. The average Bonchev–Trinajstić information content (AvgIpc) is 2.97. The lowest BCUT2D eigenvalue weighted by molar-refractivity contribution is -0.384. The van der Waals surface area contributed by atoms with Crippen LogP contribution in [0.2, 0.25) is 0 Å². The summed E-state index contributed by atoms with van der Waals surface area (Å²) in [4.78, 5) is 42.9. The summed E-state index contributed by atoms with van der Waals surface area (Å²) in [7, 11) is 0. The molecule has 0 N–H and O–H groups in total. The molecule has 1 saturated carbocycles. The van der Waals surface area contributed by atoms with Crippen molar-refractivity contribution in [2.24, 2.45) is 17.8 Å². The molecule has 3 aliphatic rings. The summed E-state index contributed by atoms with van der Waals surface area (Å²) in [5.74, 6) is -0.590. The SMILES string of the molecule is C=C(C)CN1CCN(c2ccc(N3C(=O)[C@@H]4CC[C@H](C)C[C@H]4C3=O)cc2[N+](=O)[O-])CC1. The predicted octanol–water partition coefficient (Wildman–Crippen LogP) is 3.22. The van der Waals surface area contributed by atoms with E-state index >= 15 is 0 Å². The van der Waals surface area contributed by atoms with Gasteiger partial charge < -0.3 is 4.90 Å². The van der Waals surface area contributed by atoms with Crippen LogP contribution in [0.3, 0.4) is 0 Å². The largest absolute Gasteiger partial charge is 0.363 e. The van der Waals surface area contributed by atoms with Gasteiger partial charge in [-0.05, 0) is 44.2 Å². The first-order chi connectivity index (χ1) is 14.8. The number of carbonyl (C=O) groups excluding carboxylic acids is 2. The van der Waals surface area contributed by atoms with Crippen LogP contribution in [0.15, 0.2) is 30.4 Å². The van der Waals surface area contributed by atoms with Crippen LogP contribution < -0.4 is 9.80 Å². The van der Waals surface area contributed by atoms with E-state index in [9.17, 15) is 19.7 Å². The molecule has 166 valence electrons. The van der Waals surface area contributed by atoms with Gasteiger partial charge in [-0.15, -0.1) is 0 Å². The number of piperazine rings is 1. The summed E-state index contributed by atoms with van der Waals surface area (Å²) < 4.78 is 0. The minimum Gasteiger partial charge on any atom is -0.363 e. The van der Waals surface area contributed by atoms with Crippen molar-refractivity contribution in [2.45, 2.75) is 33.1 Å². The Labute approximate surface area is 182 Å². The third-order valence-electron chi connectivity index (χ3n) is 6.81. The van der Waals surface area contributed by atoms with Crippen molar-refractivity contribution in [3.8, 4) is 0 Å². The Bertz CT molecular complexity index is 922.